The van der Waals surface area contributed by atoms with Gasteiger partial charge in [0.2, 0.25) is 0 Å². The molecule has 0 spiro atoms. The second-order valence-corrected chi connectivity index (χ2v) is 4.64. The van der Waals surface area contributed by atoms with E-state index in [0.29, 0.717) is 18.8 Å². The van der Waals surface area contributed by atoms with E-state index in [1.165, 1.54) is 6.42 Å². The van der Waals surface area contributed by atoms with Crippen LogP contribution in [0, 0.1) is 11.3 Å². The molecule has 0 radical (unpaired) electrons. The highest BCUT2D eigenvalue weighted by atomic mass is 16.5. The average Bonchev–Trinajstić information content (AvgIpc) is 2.48. The van der Waals surface area contributed by atoms with Gasteiger partial charge in [-0.15, -0.1) is 0 Å². The van der Waals surface area contributed by atoms with E-state index in [9.17, 15) is 0 Å². The molecule has 19 heavy (non-hydrogen) atoms. The first kappa shape index (κ1) is 13.9. The van der Waals surface area contributed by atoms with Gasteiger partial charge in [-0.2, -0.15) is 5.26 Å². The molecule has 0 aliphatic carbocycles. The molecule has 1 fully saturated rings. The van der Waals surface area contributed by atoms with Crippen molar-refractivity contribution < 1.29 is 14.2 Å². The minimum absolute atomic E-state index is 0.207. The van der Waals surface area contributed by atoms with Gasteiger partial charge in [-0.25, -0.2) is 0 Å². The second-order valence-electron chi connectivity index (χ2n) is 4.64. The van der Waals surface area contributed by atoms with Crippen LogP contribution in [0.5, 0.6) is 5.75 Å². The number of nitrogens with zero attached hydrogens (tertiary/aromatic N) is 1. The second kappa shape index (κ2) is 7.13. The first-order chi connectivity index (χ1) is 9.33. The van der Waals surface area contributed by atoms with Crippen molar-refractivity contribution in [3.8, 4) is 11.8 Å². The highest BCUT2D eigenvalue weighted by Crippen LogP contribution is 2.21. The topological polar surface area (TPSA) is 51.5 Å². The fourth-order valence-corrected chi connectivity index (χ4v) is 2.20. The first-order valence-electron chi connectivity index (χ1n) is 6.60. The Morgan fingerprint density at radius 1 is 1.42 bits per heavy atom. The van der Waals surface area contributed by atoms with E-state index in [-0.39, 0.29) is 6.10 Å². The standard InChI is InChI=1S/C15H19NO3/c1-17-15-6-5-12(9-16)8-13(15)10-18-11-14-4-2-3-7-19-14/h5-6,8,14H,2-4,7,10-11H2,1H3. The fourth-order valence-electron chi connectivity index (χ4n) is 2.20. The Morgan fingerprint density at radius 3 is 3.00 bits per heavy atom. The summed E-state index contributed by atoms with van der Waals surface area (Å²) in [5.74, 6) is 0.753. The van der Waals surface area contributed by atoms with Crippen molar-refractivity contribution in [1.29, 1.82) is 5.26 Å². The summed E-state index contributed by atoms with van der Waals surface area (Å²) in [5.41, 5.74) is 1.52. The smallest absolute Gasteiger partial charge is 0.124 e. The number of benzene rings is 1. The van der Waals surface area contributed by atoms with E-state index in [1.807, 2.05) is 0 Å². The van der Waals surface area contributed by atoms with Crippen molar-refractivity contribution in [2.24, 2.45) is 0 Å². The van der Waals surface area contributed by atoms with Crippen LogP contribution >= 0.6 is 0 Å². The maximum absolute atomic E-state index is 8.90. The molecule has 4 nitrogen and oxygen atoms in total. The Kier molecular flexibility index (Phi) is 5.20. The van der Waals surface area contributed by atoms with E-state index in [1.54, 1.807) is 25.3 Å². The maximum atomic E-state index is 8.90. The Balaban J connectivity index is 1.89. The predicted molar refractivity (Wildman–Crippen MR) is 71.0 cm³/mol. The molecular formula is C15H19NO3. The lowest BCUT2D eigenvalue weighted by atomic mass is 10.1. The molecule has 1 saturated heterocycles. The quantitative estimate of drug-likeness (QED) is 0.817. The molecule has 1 aromatic carbocycles. The zero-order valence-corrected chi connectivity index (χ0v) is 11.2. The van der Waals surface area contributed by atoms with E-state index >= 15 is 0 Å². The largest absolute Gasteiger partial charge is 0.496 e. The van der Waals surface area contributed by atoms with Gasteiger partial charge >= 0.3 is 0 Å². The molecular weight excluding hydrogens is 242 g/mol. The Hall–Kier alpha value is -1.57. The lowest BCUT2D eigenvalue weighted by Crippen LogP contribution is -2.24. The molecule has 2 rings (SSSR count). The average molecular weight is 261 g/mol. The molecule has 1 aliphatic heterocycles. The third-order valence-electron chi connectivity index (χ3n) is 3.24. The number of hydrogen-bond donors (Lipinski definition) is 0. The van der Waals surface area contributed by atoms with Crippen LogP contribution in [-0.2, 0) is 16.1 Å². The number of methoxy groups -OCH3 is 1. The van der Waals surface area contributed by atoms with Gasteiger partial charge in [-0.3, -0.25) is 0 Å². The van der Waals surface area contributed by atoms with Gasteiger partial charge < -0.3 is 14.2 Å². The van der Waals surface area contributed by atoms with Crippen LogP contribution in [0.4, 0.5) is 0 Å². The number of rotatable bonds is 5. The van der Waals surface area contributed by atoms with Gasteiger partial charge in [0, 0.05) is 12.2 Å². The molecule has 0 saturated carbocycles. The van der Waals surface area contributed by atoms with Crippen LogP contribution in [0.2, 0.25) is 0 Å². The van der Waals surface area contributed by atoms with Gasteiger partial charge in [0.25, 0.3) is 0 Å². The van der Waals surface area contributed by atoms with Crippen LogP contribution in [0.25, 0.3) is 0 Å². The summed E-state index contributed by atoms with van der Waals surface area (Å²) in [7, 11) is 1.62. The highest BCUT2D eigenvalue weighted by molar-refractivity contribution is 5.41. The summed E-state index contributed by atoms with van der Waals surface area (Å²) in [4.78, 5) is 0. The van der Waals surface area contributed by atoms with Crippen LogP contribution < -0.4 is 4.74 Å². The van der Waals surface area contributed by atoms with Crippen molar-refractivity contribution in [2.75, 3.05) is 20.3 Å². The van der Waals surface area contributed by atoms with Gasteiger partial charge in [-0.05, 0) is 37.5 Å². The van der Waals surface area contributed by atoms with E-state index in [2.05, 4.69) is 6.07 Å². The van der Waals surface area contributed by atoms with Gasteiger partial charge in [0.05, 0.1) is 38.1 Å². The zero-order chi connectivity index (χ0) is 13.5. The summed E-state index contributed by atoms with van der Waals surface area (Å²) in [5, 5.41) is 8.90. The third-order valence-corrected chi connectivity index (χ3v) is 3.24. The molecule has 0 bridgehead atoms. The first-order valence-corrected chi connectivity index (χ1v) is 6.60. The van der Waals surface area contributed by atoms with Crippen molar-refractivity contribution in [2.45, 2.75) is 32.0 Å². The molecule has 0 aromatic heterocycles. The van der Waals surface area contributed by atoms with Crippen LogP contribution in [-0.4, -0.2) is 26.4 Å². The molecule has 102 valence electrons. The van der Waals surface area contributed by atoms with Crippen LogP contribution in [0.15, 0.2) is 18.2 Å². The third kappa shape index (κ3) is 3.95. The molecule has 1 unspecified atom stereocenters. The number of ether oxygens (including phenoxy) is 3. The SMILES string of the molecule is COc1ccc(C#N)cc1COCC1CCCCO1. The summed E-state index contributed by atoms with van der Waals surface area (Å²) >= 11 is 0. The van der Waals surface area contributed by atoms with Crippen molar-refractivity contribution in [1.82, 2.24) is 0 Å². The Bertz CT molecular complexity index is 447. The van der Waals surface area contributed by atoms with E-state index in [4.69, 9.17) is 19.5 Å². The summed E-state index contributed by atoms with van der Waals surface area (Å²) < 4.78 is 16.6. The summed E-state index contributed by atoms with van der Waals surface area (Å²) in [6.45, 7) is 1.87. The number of nitriles is 1. The van der Waals surface area contributed by atoms with Gasteiger partial charge in [0.1, 0.15) is 5.75 Å². The highest BCUT2D eigenvalue weighted by Gasteiger charge is 2.14. The number of hydrogen-bond acceptors (Lipinski definition) is 4. The summed E-state index contributed by atoms with van der Waals surface area (Å²) in [6.07, 6.45) is 3.63. The van der Waals surface area contributed by atoms with Gasteiger partial charge in [0.15, 0.2) is 0 Å². The minimum atomic E-state index is 0.207. The normalized spacial score (nSPS) is 18.8. The van der Waals surface area contributed by atoms with Crippen LogP contribution in [0.1, 0.15) is 30.4 Å². The Labute approximate surface area is 113 Å². The lowest BCUT2D eigenvalue weighted by Gasteiger charge is -2.22. The molecule has 1 heterocycles. The van der Waals surface area contributed by atoms with Gasteiger partial charge in [-0.1, -0.05) is 0 Å². The maximum Gasteiger partial charge on any atom is 0.124 e. The zero-order valence-electron chi connectivity index (χ0n) is 11.2. The predicted octanol–water partition coefficient (Wildman–Crippen LogP) is 2.65. The molecule has 1 aliphatic rings. The molecule has 1 aromatic rings. The van der Waals surface area contributed by atoms with E-state index in [0.717, 1.165) is 30.8 Å². The fraction of sp³-hybridized carbons (Fsp3) is 0.533. The lowest BCUT2D eigenvalue weighted by molar-refractivity contribution is -0.0449. The van der Waals surface area contributed by atoms with Crippen molar-refractivity contribution in [3.05, 3.63) is 29.3 Å². The summed E-state index contributed by atoms with van der Waals surface area (Å²) in [6, 6.07) is 7.47. The Morgan fingerprint density at radius 2 is 2.32 bits per heavy atom. The van der Waals surface area contributed by atoms with Crippen molar-refractivity contribution >= 4 is 0 Å². The molecule has 0 N–H and O–H groups in total. The van der Waals surface area contributed by atoms with Crippen LogP contribution in [0.3, 0.4) is 0 Å². The van der Waals surface area contributed by atoms with Crippen molar-refractivity contribution in [3.63, 3.8) is 0 Å². The monoisotopic (exact) mass is 261 g/mol. The molecule has 1 atom stereocenters. The molecule has 4 heteroatoms. The molecule has 0 amide bonds. The minimum Gasteiger partial charge on any atom is -0.496 e. The van der Waals surface area contributed by atoms with E-state index < -0.39 is 0 Å².